The van der Waals surface area contributed by atoms with Crippen LogP contribution in [0.3, 0.4) is 0 Å². The summed E-state index contributed by atoms with van der Waals surface area (Å²) in [6, 6.07) is 16.9. The van der Waals surface area contributed by atoms with Crippen molar-refractivity contribution in [1.29, 1.82) is 0 Å². The molecule has 6 nitrogen and oxygen atoms in total. The summed E-state index contributed by atoms with van der Waals surface area (Å²) >= 11 is 0. The van der Waals surface area contributed by atoms with E-state index in [0.29, 0.717) is 6.54 Å². The zero-order valence-corrected chi connectivity index (χ0v) is 20.2. The summed E-state index contributed by atoms with van der Waals surface area (Å²) in [7, 11) is 1.73. The van der Waals surface area contributed by atoms with Crippen molar-refractivity contribution in [2.75, 3.05) is 72.6 Å². The molecule has 2 aliphatic heterocycles. The maximum Gasteiger partial charge on any atom is 0.236 e. The molecule has 33 heavy (non-hydrogen) atoms. The molecule has 0 radical (unpaired) electrons. The van der Waals surface area contributed by atoms with Crippen molar-refractivity contribution < 1.29 is 9.53 Å². The van der Waals surface area contributed by atoms with E-state index in [-0.39, 0.29) is 5.91 Å². The highest BCUT2D eigenvalue weighted by Crippen LogP contribution is 2.24. The number of ether oxygens (including phenoxy) is 1. The number of methoxy groups -OCH3 is 1. The van der Waals surface area contributed by atoms with Crippen molar-refractivity contribution in [2.24, 2.45) is 0 Å². The minimum absolute atomic E-state index is 0.279. The largest absolute Gasteiger partial charge is 0.496 e. The van der Waals surface area contributed by atoms with Crippen LogP contribution in [0.2, 0.25) is 0 Å². The summed E-state index contributed by atoms with van der Waals surface area (Å²) in [5.74, 6) is 1.23. The van der Waals surface area contributed by atoms with Crippen molar-refractivity contribution in [3.63, 3.8) is 0 Å². The lowest BCUT2D eigenvalue weighted by atomic mass is 10.1. The second-order valence-corrected chi connectivity index (χ2v) is 9.27. The smallest absolute Gasteiger partial charge is 0.236 e. The van der Waals surface area contributed by atoms with Crippen molar-refractivity contribution in [3.8, 4) is 5.75 Å². The van der Waals surface area contributed by atoms with E-state index in [2.05, 4.69) is 58.0 Å². The van der Waals surface area contributed by atoms with E-state index in [1.165, 1.54) is 16.7 Å². The Morgan fingerprint density at radius 1 is 0.818 bits per heavy atom. The summed E-state index contributed by atoms with van der Waals surface area (Å²) in [6.45, 7) is 12.2. The zero-order valence-electron chi connectivity index (χ0n) is 20.2. The van der Waals surface area contributed by atoms with Gasteiger partial charge in [0.15, 0.2) is 0 Å². The molecule has 2 aromatic rings. The Labute approximate surface area is 198 Å². The van der Waals surface area contributed by atoms with Gasteiger partial charge < -0.3 is 14.5 Å². The maximum absolute atomic E-state index is 12.9. The van der Waals surface area contributed by atoms with Crippen LogP contribution in [0.4, 0.5) is 0 Å². The van der Waals surface area contributed by atoms with E-state index in [9.17, 15) is 4.79 Å². The highest BCUT2D eigenvalue weighted by atomic mass is 16.5. The number of piperazine rings is 2. The summed E-state index contributed by atoms with van der Waals surface area (Å²) in [5.41, 5.74) is 3.91. The first-order valence-corrected chi connectivity index (χ1v) is 12.2. The second kappa shape index (κ2) is 11.6. The third-order valence-electron chi connectivity index (χ3n) is 7.08. The molecule has 0 aromatic heterocycles. The number of rotatable bonds is 8. The first kappa shape index (κ1) is 23.7. The Morgan fingerprint density at radius 3 is 2.18 bits per heavy atom. The molecule has 0 bridgehead atoms. The average molecular weight is 451 g/mol. The normalized spacial score (nSPS) is 18.4. The van der Waals surface area contributed by atoms with Crippen molar-refractivity contribution in [2.45, 2.75) is 19.9 Å². The fourth-order valence-corrected chi connectivity index (χ4v) is 4.84. The first-order chi connectivity index (χ1) is 16.1. The second-order valence-electron chi connectivity index (χ2n) is 9.27. The highest BCUT2D eigenvalue weighted by molar-refractivity contribution is 5.78. The van der Waals surface area contributed by atoms with E-state index in [4.69, 9.17) is 4.74 Å². The lowest BCUT2D eigenvalue weighted by molar-refractivity contribution is -0.134. The van der Waals surface area contributed by atoms with Gasteiger partial charge in [-0.3, -0.25) is 14.6 Å². The molecule has 1 amide bonds. The number of nitrogens with zero attached hydrogens (tertiary/aromatic N) is 4. The van der Waals surface area contributed by atoms with E-state index < -0.39 is 0 Å². The number of amides is 1. The van der Waals surface area contributed by atoms with Crippen LogP contribution in [0.1, 0.15) is 16.7 Å². The van der Waals surface area contributed by atoms with Gasteiger partial charge in [0.1, 0.15) is 5.75 Å². The lowest BCUT2D eigenvalue weighted by Crippen LogP contribution is -2.53. The van der Waals surface area contributed by atoms with Crippen molar-refractivity contribution in [3.05, 3.63) is 65.2 Å². The average Bonchev–Trinajstić information content (AvgIpc) is 2.86. The van der Waals surface area contributed by atoms with Crippen LogP contribution in [0.5, 0.6) is 5.75 Å². The fourth-order valence-electron chi connectivity index (χ4n) is 4.84. The monoisotopic (exact) mass is 450 g/mol. The Balaban J connectivity index is 1.16. The van der Waals surface area contributed by atoms with Crippen molar-refractivity contribution >= 4 is 5.91 Å². The molecule has 2 aromatic carbocycles. The number of carbonyl (C=O) groups excluding carboxylic acids is 1. The van der Waals surface area contributed by atoms with E-state index >= 15 is 0 Å². The van der Waals surface area contributed by atoms with Crippen LogP contribution >= 0.6 is 0 Å². The van der Waals surface area contributed by atoms with Gasteiger partial charge in [0, 0.05) is 71.0 Å². The molecule has 2 heterocycles. The van der Waals surface area contributed by atoms with Crippen LogP contribution in [-0.4, -0.2) is 98.1 Å². The number of carbonyl (C=O) groups is 1. The van der Waals surface area contributed by atoms with Gasteiger partial charge in [0.05, 0.1) is 13.7 Å². The third-order valence-corrected chi connectivity index (χ3v) is 7.08. The summed E-state index contributed by atoms with van der Waals surface area (Å²) in [4.78, 5) is 22.2. The predicted octanol–water partition coefficient (Wildman–Crippen LogP) is 2.51. The number of aryl methyl sites for hydroxylation is 1. The van der Waals surface area contributed by atoms with Crippen molar-refractivity contribution in [1.82, 2.24) is 19.6 Å². The van der Waals surface area contributed by atoms with Gasteiger partial charge in [-0.1, -0.05) is 42.5 Å². The molecule has 2 fully saturated rings. The van der Waals surface area contributed by atoms with E-state index in [1.54, 1.807) is 7.11 Å². The fraction of sp³-hybridized carbons (Fsp3) is 0.519. The van der Waals surface area contributed by atoms with Gasteiger partial charge in [0.25, 0.3) is 0 Å². The molecule has 0 unspecified atom stereocenters. The Kier molecular flexibility index (Phi) is 8.37. The Bertz CT molecular complexity index is 888. The molecule has 0 N–H and O–H groups in total. The topological polar surface area (TPSA) is 39.3 Å². The Morgan fingerprint density at radius 2 is 1.48 bits per heavy atom. The zero-order chi connectivity index (χ0) is 23.0. The number of hydrogen-bond acceptors (Lipinski definition) is 5. The quantitative estimate of drug-likeness (QED) is 0.618. The summed E-state index contributed by atoms with van der Waals surface area (Å²) in [6.07, 6.45) is 1.10. The molecule has 0 aliphatic carbocycles. The number of benzene rings is 2. The van der Waals surface area contributed by atoms with Gasteiger partial charge in [-0.25, -0.2) is 0 Å². The van der Waals surface area contributed by atoms with Gasteiger partial charge in [-0.2, -0.15) is 0 Å². The molecule has 0 saturated carbocycles. The van der Waals surface area contributed by atoms with Crippen LogP contribution < -0.4 is 4.74 Å². The van der Waals surface area contributed by atoms with Gasteiger partial charge in [0.2, 0.25) is 5.91 Å². The SMILES string of the molecule is COc1cccc(C)c1CN1CCN(C(=O)CN2CCN(CCc3ccccc3)CC2)CC1. The standard InChI is InChI=1S/C27H38N4O2/c1-23-7-6-10-26(33-2)25(23)21-29-17-19-31(20-18-29)27(32)22-30-15-13-28(14-16-30)12-11-24-8-4-3-5-9-24/h3-10H,11-22H2,1-2H3. The molecule has 0 atom stereocenters. The van der Waals surface area contributed by atoms with Crippen LogP contribution in [-0.2, 0) is 17.8 Å². The molecular formula is C27H38N4O2. The summed E-state index contributed by atoms with van der Waals surface area (Å²) in [5, 5.41) is 0. The summed E-state index contributed by atoms with van der Waals surface area (Å²) < 4.78 is 5.56. The van der Waals surface area contributed by atoms with Crippen LogP contribution in [0, 0.1) is 6.92 Å². The van der Waals surface area contributed by atoms with E-state index in [0.717, 1.165) is 77.6 Å². The van der Waals surface area contributed by atoms with E-state index in [1.807, 2.05) is 17.0 Å². The molecule has 178 valence electrons. The maximum atomic E-state index is 12.9. The van der Waals surface area contributed by atoms with Crippen LogP contribution in [0.15, 0.2) is 48.5 Å². The van der Waals surface area contributed by atoms with Gasteiger partial charge in [-0.05, 0) is 30.5 Å². The molecule has 2 saturated heterocycles. The number of hydrogen-bond donors (Lipinski definition) is 0. The van der Waals surface area contributed by atoms with Crippen LogP contribution in [0.25, 0.3) is 0 Å². The van der Waals surface area contributed by atoms with Gasteiger partial charge in [-0.15, -0.1) is 0 Å². The highest BCUT2D eigenvalue weighted by Gasteiger charge is 2.25. The molecule has 0 spiro atoms. The third kappa shape index (κ3) is 6.56. The molecule has 4 rings (SSSR count). The van der Waals surface area contributed by atoms with Gasteiger partial charge >= 0.3 is 0 Å². The minimum atomic E-state index is 0.279. The molecule has 6 heteroatoms. The predicted molar refractivity (Wildman–Crippen MR) is 133 cm³/mol. The molecule has 2 aliphatic rings. The molecular weight excluding hydrogens is 412 g/mol. The first-order valence-electron chi connectivity index (χ1n) is 12.2. The Hall–Kier alpha value is -2.41. The minimum Gasteiger partial charge on any atom is -0.496 e. The lowest BCUT2D eigenvalue weighted by Gasteiger charge is -2.38.